The van der Waals surface area contributed by atoms with Crippen LogP contribution in [0.4, 0.5) is 5.69 Å². The van der Waals surface area contributed by atoms with E-state index < -0.39 is 0 Å². The summed E-state index contributed by atoms with van der Waals surface area (Å²) in [5.74, 6) is 0.198. The highest BCUT2D eigenvalue weighted by molar-refractivity contribution is 6.00. The quantitative estimate of drug-likeness (QED) is 0.843. The summed E-state index contributed by atoms with van der Waals surface area (Å²) in [4.78, 5) is 37.3. The van der Waals surface area contributed by atoms with Crippen LogP contribution in [-0.2, 0) is 4.79 Å². The highest BCUT2D eigenvalue weighted by Crippen LogP contribution is 2.43. The second-order valence-corrected chi connectivity index (χ2v) is 6.73. The Balaban J connectivity index is 1.45. The molecule has 6 nitrogen and oxygen atoms in total. The molecule has 0 unspecified atom stereocenters. The third-order valence-electron chi connectivity index (χ3n) is 5.41. The minimum Gasteiger partial charge on any atom is -0.339 e. The van der Waals surface area contributed by atoms with Crippen molar-refractivity contribution in [1.29, 1.82) is 0 Å². The van der Waals surface area contributed by atoms with Gasteiger partial charge in [0.05, 0.1) is 17.3 Å². The van der Waals surface area contributed by atoms with Crippen molar-refractivity contribution in [3.8, 4) is 0 Å². The fourth-order valence-electron chi connectivity index (χ4n) is 3.86. The monoisotopic (exact) mass is 336 g/mol. The van der Waals surface area contributed by atoms with Gasteiger partial charge in [-0.15, -0.1) is 0 Å². The SMILES string of the molecule is O=C(c1ccncc1)N1CCC2(CC1)CCN(c1cccnc1)C2=O. The van der Waals surface area contributed by atoms with Gasteiger partial charge < -0.3 is 9.80 Å². The standard InChI is InChI=1S/C19H20N4O2/c24-17(15-3-9-20-10-4-15)22-11-5-19(6-12-22)7-13-23(18(19)25)16-2-1-8-21-14-16/h1-4,8-10,14H,5-7,11-13H2. The maximum Gasteiger partial charge on any atom is 0.253 e. The van der Waals surface area contributed by atoms with Crippen LogP contribution in [0.25, 0.3) is 0 Å². The van der Waals surface area contributed by atoms with E-state index >= 15 is 0 Å². The molecule has 6 heteroatoms. The number of carbonyl (C=O) groups is 2. The van der Waals surface area contributed by atoms with Crippen molar-refractivity contribution in [3.63, 3.8) is 0 Å². The van der Waals surface area contributed by atoms with Crippen molar-refractivity contribution in [2.75, 3.05) is 24.5 Å². The van der Waals surface area contributed by atoms with E-state index in [4.69, 9.17) is 0 Å². The number of amides is 2. The van der Waals surface area contributed by atoms with Crippen LogP contribution in [0.5, 0.6) is 0 Å². The number of carbonyl (C=O) groups excluding carboxylic acids is 2. The molecule has 4 rings (SSSR count). The molecule has 1 spiro atoms. The van der Waals surface area contributed by atoms with Gasteiger partial charge in [0, 0.05) is 43.8 Å². The molecule has 0 atom stereocenters. The molecule has 0 aliphatic carbocycles. The Morgan fingerprint density at radius 3 is 2.36 bits per heavy atom. The van der Waals surface area contributed by atoms with E-state index in [1.54, 1.807) is 36.9 Å². The van der Waals surface area contributed by atoms with Crippen LogP contribution in [0.3, 0.4) is 0 Å². The summed E-state index contributed by atoms with van der Waals surface area (Å²) in [6, 6.07) is 7.24. The van der Waals surface area contributed by atoms with Gasteiger partial charge in [-0.2, -0.15) is 0 Å². The van der Waals surface area contributed by atoms with Gasteiger partial charge in [0.1, 0.15) is 0 Å². The molecule has 0 radical (unpaired) electrons. The molecular weight excluding hydrogens is 316 g/mol. The lowest BCUT2D eigenvalue weighted by Gasteiger charge is -2.38. The Bertz CT molecular complexity index is 771. The first-order chi connectivity index (χ1) is 12.2. The van der Waals surface area contributed by atoms with E-state index in [1.165, 1.54) is 0 Å². The normalized spacial score (nSPS) is 19.4. The third kappa shape index (κ3) is 2.77. The second kappa shape index (κ2) is 6.27. The fraction of sp³-hybridized carbons (Fsp3) is 0.368. The van der Waals surface area contributed by atoms with Gasteiger partial charge in [-0.1, -0.05) is 0 Å². The van der Waals surface area contributed by atoms with E-state index in [1.807, 2.05) is 21.9 Å². The zero-order valence-corrected chi connectivity index (χ0v) is 14.0. The average molecular weight is 336 g/mol. The van der Waals surface area contributed by atoms with Crippen molar-refractivity contribution in [2.24, 2.45) is 5.41 Å². The van der Waals surface area contributed by atoms with E-state index in [9.17, 15) is 9.59 Å². The van der Waals surface area contributed by atoms with E-state index in [2.05, 4.69) is 9.97 Å². The number of aromatic nitrogens is 2. The zero-order chi connectivity index (χ0) is 17.3. The lowest BCUT2D eigenvalue weighted by atomic mass is 9.77. The zero-order valence-electron chi connectivity index (χ0n) is 14.0. The predicted molar refractivity (Wildman–Crippen MR) is 93.0 cm³/mol. The third-order valence-corrected chi connectivity index (χ3v) is 5.41. The molecule has 0 saturated carbocycles. The summed E-state index contributed by atoms with van der Waals surface area (Å²) in [5, 5.41) is 0. The highest BCUT2D eigenvalue weighted by atomic mass is 16.2. The van der Waals surface area contributed by atoms with Gasteiger partial charge >= 0.3 is 0 Å². The van der Waals surface area contributed by atoms with E-state index in [0.29, 0.717) is 18.7 Å². The average Bonchev–Trinajstić information content (AvgIpc) is 2.99. The van der Waals surface area contributed by atoms with Gasteiger partial charge in [-0.05, 0) is 43.5 Å². The minimum atomic E-state index is -0.329. The summed E-state index contributed by atoms with van der Waals surface area (Å²) in [6.07, 6.45) is 8.99. The lowest BCUT2D eigenvalue weighted by molar-refractivity contribution is -0.127. The molecule has 2 saturated heterocycles. The molecule has 2 amide bonds. The Hall–Kier alpha value is -2.76. The largest absolute Gasteiger partial charge is 0.339 e. The van der Waals surface area contributed by atoms with Gasteiger partial charge in [-0.3, -0.25) is 19.6 Å². The van der Waals surface area contributed by atoms with E-state index in [0.717, 1.165) is 31.5 Å². The van der Waals surface area contributed by atoms with Crippen LogP contribution in [0.2, 0.25) is 0 Å². The number of nitrogens with zero attached hydrogens (tertiary/aromatic N) is 4. The smallest absolute Gasteiger partial charge is 0.253 e. The summed E-state index contributed by atoms with van der Waals surface area (Å²) < 4.78 is 0. The van der Waals surface area contributed by atoms with Crippen molar-refractivity contribution >= 4 is 17.5 Å². The fourth-order valence-corrected chi connectivity index (χ4v) is 3.86. The molecule has 25 heavy (non-hydrogen) atoms. The van der Waals surface area contributed by atoms with Gasteiger partial charge in [-0.25, -0.2) is 0 Å². The van der Waals surface area contributed by atoms with Crippen molar-refractivity contribution in [2.45, 2.75) is 19.3 Å². The molecular formula is C19H20N4O2. The Morgan fingerprint density at radius 2 is 1.68 bits per heavy atom. The van der Waals surface area contributed by atoms with Crippen LogP contribution in [-0.4, -0.2) is 46.3 Å². The molecule has 2 aromatic heterocycles. The maximum atomic E-state index is 13.0. The molecule has 0 aromatic carbocycles. The molecule has 2 fully saturated rings. The highest BCUT2D eigenvalue weighted by Gasteiger charge is 2.49. The molecule has 2 aliphatic heterocycles. The van der Waals surface area contributed by atoms with Crippen molar-refractivity contribution in [3.05, 3.63) is 54.6 Å². The summed E-state index contributed by atoms with van der Waals surface area (Å²) in [7, 11) is 0. The Morgan fingerprint density at radius 1 is 0.960 bits per heavy atom. The number of piperidine rings is 1. The second-order valence-electron chi connectivity index (χ2n) is 6.73. The Labute approximate surface area is 146 Å². The summed E-state index contributed by atoms with van der Waals surface area (Å²) >= 11 is 0. The lowest BCUT2D eigenvalue weighted by Crippen LogP contribution is -2.46. The van der Waals surface area contributed by atoms with Crippen LogP contribution < -0.4 is 4.90 Å². The number of hydrogen-bond acceptors (Lipinski definition) is 4. The minimum absolute atomic E-state index is 0.0202. The van der Waals surface area contributed by atoms with E-state index in [-0.39, 0.29) is 17.2 Å². The van der Waals surface area contributed by atoms with Crippen LogP contribution in [0, 0.1) is 5.41 Å². The molecule has 128 valence electrons. The molecule has 0 bridgehead atoms. The topological polar surface area (TPSA) is 66.4 Å². The summed E-state index contributed by atoms with van der Waals surface area (Å²) in [5.41, 5.74) is 1.19. The molecule has 2 aromatic rings. The first-order valence-electron chi connectivity index (χ1n) is 8.61. The number of anilines is 1. The molecule has 4 heterocycles. The first-order valence-corrected chi connectivity index (χ1v) is 8.61. The summed E-state index contributed by atoms with van der Waals surface area (Å²) in [6.45, 7) is 1.96. The van der Waals surface area contributed by atoms with Gasteiger partial charge in [0.25, 0.3) is 5.91 Å². The number of rotatable bonds is 2. The van der Waals surface area contributed by atoms with Gasteiger partial charge in [0.15, 0.2) is 0 Å². The number of likely N-dealkylation sites (tertiary alicyclic amines) is 1. The predicted octanol–water partition coefficient (Wildman–Crippen LogP) is 2.14. The molecule has 0 N–H and O–H groups in total. The first kappa shape index (κ1) is 15.7. The van der Waals surface area contributed by atoms with Crippen LogP contribution >= 0.6 is 0 Å². The maximum absolute atomic E-state index is 13.0. The van der Waals surface area contributed by atoms with Gasteiger partial charge in [0.2, 0.25) is 5.91 Å². The number of hydrogen-bond donors (Lipinski definition) is 0. The Kier molecular flexibility index (Phi) is 3.95. The van der Waals surface area contributed by atoms with Crippen LogP contribution in [0.15, 0.2) is 49.1 Å². The number of pyridine rings is 2. The molecule has 2 aliphatic rings. The van der Waals surface area contributed by atoms with Crippen molar-refractivity contribution in [1.82, 2.24) is 14.9 Å². The van der Waals surface area contributed by atoms with Crippen LogP contribution in [0.1, 0.15) is 29.6 Å². The van der Waals surface area contributed by atoms with Crippen molar-refractivity contribution < 1.29 is 9.59 Å².